The molecule has 1 saturated heterocycles. The third-order valence-electron chi connectivity index (χ3n) is 4.48. The first-order valence-corrected chi connectivity index (χ1v) is 8.11. The molecule has 0 radical (unpaired) electrons. The fourth-order valence-corrected chi connectivity index (χ4v) is 3.67. The number of nitrogens with zero attached hydrogens (tertiary/aromatic N) is 1. The van der Waals surface area contributed by atoms with Crippen molar-refractivity contribution in [2.24, 2.45) is 0 Å². The van der Waals surface area contributed by atoms with Crippen LogP contribution in [0.25, 0.3) is 0 Å². The Hall–Kier alpha value is -0.770. The molecule has 1 spiro atoms. The van der Waals surface area contributed by atoms with Crippen LogP contribution in [0.4, 0.5) is 0 Å². The molecule has 2 fully saturated rings. The largest absolute Gasteiger partial charge is 0.371 e. The van der Waals surface area contributed by atoms with Crippen molar-refractivity contribution < 1.29 is 9.53 Å². The summed E-state index contributed by atoms with van der Waals surface area (Å²) < 4.78 is 5.95. The lowest BCUT2D eigenvalue weighted by Gasteiger charge is -2.50. The molecule has 1 aromatic rings. The quantitative estimate of drug-likeness (QED) is 0.828. The van der Waals surface area contributed by atoms with Gasteiger partial charge in [-0.1, -0.05) is 23.2 Å². The number of rotatable bonds is 2. The third-order valence-corrected chi connectivity index (χ3v) is 4.92. The van der Waals surface area contributed by atoms with Crippen LogP contribution >= 0.6 is 23.2 Å². The molecule has 1 aromatic carbocycles. The van der Waals surface area contributed by atoms with Crippen molar-refractivity contribution in [1.82, 2.24) is 4.90 Å². The van der Waals surface area contributed by atoms with Crippen LogP contribution in [0.3, 0.4) is 0 Å². The van der Waals surface area contributed by atoms with Crippen molar-refractivity contribution in [1.29, 1.82) is 0 Å². The molecule has 21 heavy (non-hydrogen) atoms. The maximum atomic E-state index is 12.6. The van der Waals surface area contributed by atoms with E-state index in [1.54, 1.807) is 18.2 Å². The molecule has 114 valence electrons. The summed E-state index contributed by atoms with van der Waals surface area (Å²) in [6, 6.07) is 5.40. The molecule has 0 bridgehead atoms. The number of benzene rings is 1. The first kappa shape index (κ1) is 15.1. The van der Waals surface area contributed by atoms with Crippen molar-refractivity contribution in [3.63, 3.8) is 0 Å². The van der Waals surface area contributed by atoms with Gasteiger partial charge in [0, 0.05) is 10.0 Å². The van der Waals surface area contributed by atoms with Crippen molar-refractivity contribution in [3.05, 3.63) is 33.8 Å². The van der Waals surface area contributed by atoms with E-state index in [2.05, 4.69) is 0 Å². The lowest BCUT2D eigenvalue weighted by Crippen LogP contribution is -2.60. The van der Waals surface area contributed by atoms with Crippen molar-refractivity contribution >= 4 is 29.1 Å². The molecule has 1 amide bonds. The Morgan fingerprint density at radius 3 is 2.57 bits per heavy atom. The van der Waals surface area contributed by atoms with Gasteiger partial charge in [-0.05, 0) is 49.9 Å². The number of hydrogen-bond acceptors (Lipinski definition) is 2. The molecule has 2 aliphatic rings. The lowest BCUT2D eigenvalue weighted by atomic mass is 9.78. The third kappa shape index (κ3) is 3.20. The summed E-state index contributed by atoms with van der Waals surface area (Å²) in [6.45, 7) is 3.37. The van der Waals surface area contributed by atoms with E-state index >= 15 is 0 Å². The normalized spacial score (nSPS) is 24.0. The number of amides is 1. The van der Waals surface area contributed by atoms with E-state index in [-0.39, 0.29) is 17.6 Å². The van der Waals surface area contributed by atoms with Gasteiger partial charge in [0.2, 0.25) is 5.91 Å². The predicted molar refractivity (Wildman–Crippen MR) is 83.9 cm³/mol. The molecule has 1 atom stereocenters. The molecular formula is C16H19Cl2NO2. The standard InChI is InChI=1S/C16H19Cl2NO2/c1-11-9-21-16(3-2-4-16)10-19(11)15(20)7-12-5-13(17)8-14(18)6-12/h5-6,8,11H,2-4,7,9-10H2,1H3/t11-/m0/s1. The van der Waals surface area contributed by atoms with Crippen molar-refractivity contribution in [2.75, 3.05) is 13.2 Å². The molecular weight excluding hydrogens is 309 g/mol. The van der Waals surface area contributed by atoms with Crippen LogP contribution in [0.15, 0.2) is 18.2 Å². The van der Waals surface area contributed by atoms with Crippen LogP contribution in [0.2, 0.25) is 10.0 Å². The highest BCUT2D eigenvalue weighted by atomic mass is 35.5. The topological polar surface area (TPSA) is 29.5 Å². The minimum Gasteiger partial charge on any atom is -0.371 e. The minimum atomic E-state index is -0.0753. The van der Waals surface area contributed by atoms with E-state index in [9.17, 15) is 4.79 Å². The molecule has 0 N–H and O–H groups in total. The molecule has 0 unspecified atom stereocenters. The molecule has 3 rings (SSSR count). The molecule has 0 aromatic heterocycles. The summed E-state index contributed by atoms with van der Waals surface area (Å²) in [4.78, 5) is 14.6. The predicted octanol–water partition coefficient (Wildman–Crippen LogP) is 3.71. The van der Waals surface area contributed by atoms with E-state index < -0.39 is 0 Å². The molecule has 5 heteroatoms. The van der Waals surface area contributed by atoms with Gasteiger partial charge in [-0.2, -0.15) is 0 Å². The van der Waals surface area contributed by atoms with Crippen LogP contribution in [-0.4, -0.2) is 35.6 Å². The van der Waals surface area contributed by atoms with Gasteiger partial charge in [-0.25, -0.2) is 0 Å². The average Bonchev–Trinajstić information content (AvgIpc) is 2.36. The number of carbonyl (C=O) groups excluding carboxylic acids is 1. The SMILES string of the molecule is C[C@H]1COC2(CCC2)CN1C(=O)Cc1cc(Cl)cc(Cl)c1. The Morgan fingerprint density at radius 1 is 1.33 bits per heavy atom. The van der Waals surface area contributed by atoms with E-state index in [0.717, 1.165) is 18.4 Å². The summed E-state index contributed by atoms with van der Waals surface area (Å²) in [7, 11) is 0. The van der Waals surface area contributed by atoms with E-state index in [1.165, 1.54) is 6.42 Å². The van der Waals surface area contributed by atoms with Gasteiger partial charge in [0.25, 0.3) is 0 Å². The Labute approximate surface area is 135 Å². The zero-order valence-corrected chi connectivity index (χ0v) is 13.6. The number of hydrogen-bond donors (Lipinski definition) is 0. The molecule has 1 aliphatic carbocycles. The summed E-state index contributed by atoms with van der Waals surface area (Å²) >= 11 is 12.0. The highest BCUT2D eigenvalue weighted by Crippen LogP contribution is 2.39. The highest BCUT2D eigenvalue weighted by Gasteiger charge is 2.45. The number of halogens is 2. The fraction of sp³-hybridized carbons (Fsp3) is 0.562. The molecule has 1 saturated carbocycles. The Kier molecular flexibility index (Phi) is 4.17. The summed E-state index contributed by atoms with van der Waals surface area (Å²) in [5, 5.41) is 1.13. The monoisotopic (exact) mass is 327 g/mol. The first-order valence-electron chi connectivity index (χ1n) is 7.36. The van der Waals surface area contributed by atoms with Crippen LogP contribution in [-0.2, 0) is 16.0 Å². The second-order valence-electron chi connectivity index (χ2n) is 6.17. The van der Waals surface area contributed by atoms with Gasteiger partial charge >= 0.3 is 0 Å². The maximum Gasteiger partial charge on any atom is 0.227 e. The summed E-state index contributed by atoms with van der Waals surface area (Å²) in [5.74, 6) is 0.121. The second-order valence-corrected chi connectivity index (χ2v) is 7.05. The van der Waals surface area contributed by atoms with Gasteiger partial charge in [0.1, 0.15) is 0 Å². The fourth-order valence-electron chi connectivity index (χ4n) is 3.10. The summed E-state index contributed by atoms with van der Waals surface area (Å²) in [5.41, 5.74) is 0.785. The van der Waals surface area contributed by atoms with Crippen LogP contribution in [0, 0.1) is 0 Å². The van der Waals surface area contributed by atoms with E-state index in [4.69, 9.17) is 27.9 Å². The number of morpholine rings is 1. The van der Waals surface area contributed by atoms with Crippen molar-refractivity contribution in [3.8, 4) is 0 Å². The highest BCUT2D eigenvalue weighted by molar-refractivity contribution is 6.34. The van der Waals surface area contributed by atoms with Crippen LogP contribution < -0.4 is 0 Å². The van der Waals surface area contributed by atoms with Crippen LogP contribution in [0.5, 0.6) is 0 Å². The zero-order chi connectivity index (χ0) is 15.0. The number of ether oxygens (including phenoxy) is 1. The lowest BCUT2D eigenvalue weighted by molar-refractivity contribution is -0.179. The van der Waals surface area contributed by atoms with Gasteiger partial charge in [0.05, 0.1) is 31.2 Å². The maximum absolute atomic E-state index is 12.6. The second kappa shape index (κ2) is 5.79. The number of carbonyl (C=O) groups is 1. The van der Waals surface area contributed by atoms with Gasteiger partial charge in [-0.3, -0.25) is 4.79 Å². The van der Waals surface area contributed by atoms with Gasteiger partial charge in [0.15, 0.2) is 0 Å². The van der Waals surface area contributed by atoms with Crippen molar-refractivity contribution in [2.45, 2.75) is 44.2 Å². The molecule has 1 aliphatic heterocycles. The Balaban J connectivity index is 1.71. The Morgan fingerprint density at radius 2 is 2.00 bits per heavy atom. The van der Waals surface area contributed by atoms with Gasteiger partial charge < -0.3 is 9.64 Å². The zero-order valence-electron chi connectivity index (χ0n) is 12.1. The summed E-state index contributed by atoms with van der Waals surface area (Å²) in [6.07, 6.45) is 3.65. The van der Waals surface area contributed by atoms with E-state index in [1.807, 2.05) is 11.8 Å². The smallest absolute Gasteiger partial charge is 0.227 e. The minimum absolute atomic E-state index is 0.0753. The van der Waals surface area contributed by atoms with Gasteiger partial charge in [-0.15, -0.1) is 0 Å². The molecule has 3 nitrogen and oxygen atoms in total. The first-order chi connectivity index (χ1) is 9.97. The average molecular weight is 328 g/mol. The molecule has 1 heterocycles. The van der Waals surface area contributed by atoms with E-state index in [0.29, 0.717) is 29.6 Å². The Bertz CT molecular complexity index is 537. The van der Waals surface area contributed by atoms with Crippen LogP contribution in [0.1, 0.15) is 31.7 Å².